The highest BCUT2D eigenvalue weighted by molar-refractivity contribution is 7.41. The summed E-state index contributed by atoms with van der Waals surface area (Å²) in [5.41, 5.74) is 0. The van der Waals surface area contributed by atoms with Crippen LogP contribution in [0.15, 0.2) is 0 Å². The molecule has 0 aliphatic heterocycles. The van der Waals surface area contributed by atoms with Crippen LogP contribution in [-0.4, -0.2) is 6.16 Å². The second-order valence-electron chi connectivity index (χ2n) is 0.649. The summed E-state index contributed by atoms with van der Waals surface area (Å²) in [7, 11) is -2.10. The van der Waals surface area contributed by atoms with Gasteiger partial charge in [-0.1, -0.05) is 13.1 Å². The molecule has 32 valence electrons. The van der Waals surface area contributed by atoms with Crippen LogP contribution in [0.2, 0.25) is 0 Å². The van der Waals surface area contributed by atoms with E-state index in [0.717, 1.165) is 0 Å². The maximum Gasteiger partial charge on any atom is -0.0637 e. The molecule has 0 spiro atoms. The fraction of sp³-hybridized carbons (Fsp3) is 1.00. The van der Waals surface area contributed by atoms with Gasteiger partial charge in [-0.15, -0.1) is 0 Å². The zero-order valence-corrected chi connectivity index (χ0v) is 3.87. The number of hydrogen-bond donors (Lipinski definition) is 0. The van der Waals surface area contributed by atoms with Crippen LogP contribution in [0.5, 0.6) is 0 Å². The van der Waals surface area contributed by atoms with Gasteiger partial charge in [0.1, 0.15) is 0 Å². The first kappa shape index (κ1) is 5.35. The maximum atomic E-state index is 9.41. The summed E-state index contributed by atoms with van der Waals surface area (Å²) >= 11 is 0. The van der Waals surface area contributed by atoms with Crippen molar-refractivity contribution in [1.82, 2.24) is 0 Å². The lowest BCUT2D eigenvalue weighted by Crippen LogP contribution is -2.08. The van der Waals surface area contributed by atoms with E-state index in [0.29, 0.717) is 0 Å². The zero-order chi connectivity index (χ0) is 4.28. The standard InChI is InChI=1S/C2H5O2P/c1-2-5(3)4/h2H2,1H3/q-2. The van der Waals surface area contributed by atoms with Crippen LogP contribution >= 0.6 is 8.38 Å². The monoisotopic (exact) mass is 92.0 g/mol. The van der Waals surface area contributed by atoms with Gasteiger partial charge in [0.15, 0.2) is 0 Å². The normalized spacial score (nSPS) is 9.60. The molecular formula is C2H5O2P-2. The summed E-state index contributed by atoms with van der Waals surface area (Å²) in [6.45, 7) is 1.60. The van der Waals surface area contributed by atoms with Crippen LogP contribution in [0, 0.1) is 0 Å². The van der Waals surface area contributed by atoms with Crippen LogP contribution in [0.1, 0.15) is 6.92 Å². The second kappa shape index (κ2) is 2.58. The van der Waals surface area contributed by atoms with Crippen molar-refractivity contribution in [3.05, 3.63) is 0 Å². The minimum absolute atomic E-state index is 0.259. The van der Waals surface area contributed by atoms with Crippen molar-refractivity contribution in [2.75, 3.05) is 6.16 Å². The summed E-state index contributed by atoms with van der Waals surface area (Å²) in [6.07, 6.45) is 0.259. The molecule has 0 aromatic heterocycles. The Bertz CT molecular complexity index is 21.6. The molecule has 0 N–H and O–H groups in total. The average molecular weight is 92.0 g/mol. The predicted octanol–water partition coefficient (Wildman–Crippen LogP) is -0.961. The Morgan fingerprint density at radius 2 is 1.80 bits per heavy atom. The highest BCUT2D eigenvalue weighted by atomic mass is 31.2. The lowest BCUT2D eigenvalue weighted by Gasteiger charge is -2.28. The molecule has 0 fully saturated rings. The average Bonchev–Trinajstić information content (AvgIpc) is 1.38. The molecule has 5 heavy (non-hydrogen) atoms. The second-order valence-corrected chi connectivity index (χ2v) is 1.95. The topological polar surface area (TPSA) is 46.1 Å². The third kappa shape index (κ3) is 4.35. The van der Waals surface area contributed by atoms with E-state index in [9.17, 15) is 9.79 Å². The molecular weight excluding hydrogens is 87.0 g/mol. The molecule has 0 aromatic carbocycles. The van der Waals surface area contributed by atoms with Gasteiger partial charge in [0, 0.05) is 0 Å². The van der Waals surface area contributed by atoms with E-state index < -0.39 is 8.38 Å². The minimum Gasteiger partial charge on any atom is -0.842 e. The Morgan fingerprint density at radius 1 is 1.60 bits per heavy atom. The molecule has 0 aromatic rings. The Morgan fingerprint density at radius 3 is 1.80 bits per heavy atom. The van der Waals surface area contributed by atoms with Gasteiger partial charge in [0.25, 0.3) is 0 Å². The Kier molecular flexibility index (Phi) is 2.76. The Balaban J connectivity index is 2.54. The largest absolute Gasteiger partial charge is 0.842 e. The van der Waals surface area contributed by atoms with Crippen LogP contribution in [0.25, 0.3) is 0 Å². The number of rotatable bonds is 1. The van der Waals surface area contributed by atoms with Gasteiger partial charge < -0.3 is 18.2 Å². The molecule has 0 radical (unpaired) electrons. The highest BCUT2D eigenvalue weighted by Crippen LogP contribution is 2.06. The van der Waals surface area contributed by atoms with Crippen molar-refractivity contribution in [2.24, 2.45) is 0 Å². The van der Waals surface area contributed by atoms with E-state index in [4.69, 9.17) is 0 Å². The van der Waals surface area contributed by atoms with Crippen LogP contribution < -0.4 is 9.79 Å². The quantitative estimate of drug-likeness (QED) is 0.391. The molecule has 0 bridgehead atoms. The fourth-order valence-corrected chi connectivity index (χ4v) is 0. The van der Waals surface area contributed by atoms with Crippen LogP contribution in [0.4, 0.5) is 0 Å². The molecule has 0 aliphatic carbocycles. The Labute approximate surface area is 32.4 Å². The molecule has 3 heteroatoms. The van der Waals surface area contributed by atoms with E-state index in [1.165, 1.54) is 0 Å². The fourth-order valence-electron chi connectivity index (χ4n) is 0. The van der Waals surface area contributed by atoms with Gasteiger partial charge in [-0.2, -0.15) is 0 Å². The van der Waals surface area contributed by atoms with Crippen molar-refractivity contribution in [1.29, 1.82) is 0 Å². The van der Waals surface area contributed by atoms with Gasteiger partial charge in [0.05, 0.1) is 0 Å². The van der Waals surface area contributed by atoms with Crippen LogP contribution in [-0.2, 0) is 0 Å². The summed E-state index contributed by atoms with van der Waals surface area (Å²) in [6, 6.07) is 0. The maximum absolute atomic E-state index is 9.41. The van der Waals surface area contributed by atoms with E-state index in [1.54, 1.807) is 6.92 Å². The third-order valence-corrected chi connectivity index (χ3v) is 0.775. The summed E-state index contributed by atoms with van der Waals surface area (Å²) in [4.78, 5) is 18.8. The van der Waals surface area contributed by atoms with E-state index >= 15 is 0 Å². The molecule has 0 aliphatic rings. The molecule has 0 saturated carbocycles. The first-order chi connectivity index (χ1) is 2.27. The molecule has 0 saturated heterocycles. The SMILES string of the molecule is CCP([O-])[O-]. The van der Waals surface area contributed by atoms with Gasteiger partial charge in [-0.25, -0.2) is 0 Å². The molecule has 2 nitrogen and oxygen atoms in total. The molecule has 0 amide bonds. The van der Waals surface area contributed by atoms with Crippen molar-refractivity contribution in [2.45, 2.75) is 6.92 Å². The summed E-state index contributed by atoms with van der Waals surface area (Å²) in [5, 5.41) is 0. The van der Waals surface area contributed by atoms with E-state index in [1.807, 2.05) is 0 Å². The van der Waals surface area contributed by atoms with Gasteiger partial charge in [0.2, 0.25) is 0 Å². The lowest BCUT2D eigenvalue weighted by atomic mass is 11.0. The molecule has 0 unspecified atom stereocenters. The Hall–Kier alpha value is 0.350. The predicted molar refractivity (Wildman–Crippen MR) is 17.5 cm³/mol. The number of hydrogen-bond acceptors (Lipinski definition) is 2. The first-order valence-electron chi connectivity index (χ1n) is 1.39. The van der Waals surface area contributed by atoms with Crippen LogP contribution in [0.3, 0.4) is 0 Å². The first-order valence-corrected chi connectivity index (χ1v) is 2.75. The van der Waals surface area contributed by atoms with Crippen molar-refractivity contribution >= 4 is 8.38 Å². The smallest absolute Gasteiger partial charge is 0.0637 e. The third-order valence-electron chi connectivity index (χ3n) is 0.258. The highest BCUT2D eigenvalue weighted by Gasteiger charge is 1.54. The van der Waals surface area contributed by atoms with E-state index in [-0.39, 0.29) is 6.16 Å². The van der Waals surface area contributed by atoms with Gasteiger partial charge in [-0.3, -0.25) is 0 Å². The van der Waals surface area contributed by atoms with Gasteiger partial charge >= 0.3 is 0 Å². The lowest BCUT2D eigenvalue weighted by molar-refractivity contribution is -0.291. The molecule has 0 heterocycles. The van der Waals surface area contributed by atoms with Crippen molar-refractivity contribution < 1.29 is 9.79 Å². The molecule has 0 atom stereocenters. The van der Waals surface area contributed by atoms with Crippen molar-refractivity contribution in [3.8, 4) is 0 Å². The van der Waals surface area contributed by atoms with Gasteiger partial charge in [-0.05, 0) is 0 Å². The molecule has 0 rings (SSSR count). The zero-order valence-electron chi connectivity index (χ0n) is 2.97. The summed E-state index contributed by atoms with van der Waals surface area (Å²) in [5.74, 6) is 0. The van der Waals surface area contributed by atoms with E-state index in [2.05, 4.69) is 0 Å². The minimum atomic E-state index is -2.10. The summed E-state index contributed by atoms with van der Waals surface area (Å²) < 4.78 is 0. The van der Waals surface area contributed by atoms with Crippen molar-refractivity contribution in [3.63, 3.8) is 0 Å².